The summed E-state index contributed by atoms with van der Waals surface area (Å²) in [5.74, 6) is 0.523. The number of nitrogens with one attached hydrogen (secondary N) is 1. The minimum atomic E-state index is -0.119. The van der Waals surface area contributed by atoms with Gasteiger partial charge in [-0.3, -0.25) is 9.59 Å². The molecule has 0 aromatic heterocycles. The minimum absolute atomic E-state index is 0.00869. The van der Waals surface area contributed by atoms with Crippen molar-refractivity contribution in [3.63, 3.8) is 0 Å². The van der Waals surface area contributed by atoms with Gasteiger partial charge in [0.25, 0.3) is 0 Å². The van der Waals surface area contributed by atoms with E-state index >= 15 is 0 Å². The van der Waals surface area contributed by atoms with Gasteiger partial charge in [-0.2, -0.15) is 0 Å². The molecule has 0 bridgehead atoms. The zero-order valence-corrected chi connectivity index (χ0v) is 13.9. The maximum Gasteiger partial charge on any atom is 0.226 e. The van der Waals surface area contributed by atoms with E-state index in [4.69, 9.17) is 4.74 Å². The molecule has 122 valence electrons. The molecule has 0 aliphatic heterocycles. The summed E-state index contributed by atoms with van der Waals surface area (Å²) in [4.78, 5) is 25.3. The SMILES string of the molecule is CCCCN(CCC(=O)Nc1cc(C)ccc1OC)C(C)=O. The van der Waals surface area contributed by atoms with Crippen LogP contribution in [0.4, 0.5) is 5.69 Å². The highest BCUT2D eigenvalue weighted by Gasteiger charge is 2.12. The van der Waals surface area contributed by atoms with Gasteiger partial charge in [0.1, 0.15) is 5.75 Å². The number of hydrogen-bond donors (Lipinski definition) is 1. The van der Waals surface area contributed by atoms with Crippen molar-refractivity contribution in [2.75, 3.05) is 25.5 Å². The molecule has 22 heavy (non-hydrogen) atoms. The number of benzene rings is 1. The Hall–Kier alpha value is -2.04. The summed E-state index contributed by atoms with van der Waals surface area (Å²) in [6, 6.07) is 5.63. The molecule has 0 aliphatic rings. The average Bonchev–Trinajstić information content (AvgIpc) is 2.47. The van der Waals surface area contributed by atoms with Gasteiger partial charge in [-0.25, -0.2) is 0 Å². The third kappa shape index (κ3) is 5.76. The van der Waals surface area contributed by atoms with Crippen LogP contribution >= 0.6 is 0 Å². The Balaban J connectivity index is 2.58. The number of anilines is 1. The first-order valence-corrected chi connectivity index (χ1v) is 7.68. The highest BCUT2D eigenvalue weighted by Crippen LogP contribution is 2.25. The Kier molecular flexibility index (Phi) is 7.43. The molecule has 0 aliphatic carbocycles. The molecule has 5 nitrogen and oxygen atoms in total. The van der Waals surface area contributed by atoms with E-state index in [1.807, 2.05) is 25.1 Å². The van der Waals surface area contributed by atoms with E-state index < -0.39 is 0 Å². The third-order valence-corrected chi connectivity index (χ3v) is 3.46. The maximum atomic E-state index is 12.1. The van der Waals surface area contributed by atoms with Crippen LogP contribution in [0.25, 0.3) is 0 Å². The molecule has 0 saturated heterocycles. The van der Waals surface area contributed by atoms with E-state index in [1.54, 1.807) is 12.0 Å². The summed E-state index contributed by atoms with van der Waals surface area (Å²) in [5.41, 5.74) is 1.71. The lowest BCUT2D eigenvalue weighted by Gasteiger charge is -2.20. The summed E-state index contributed by atoms with van der Waals surface area (Å²) in [7, 11) is 1.57. The van der Waals surface area contributed by atoms with Gasteiger partial charge in [0.2, 0.25) is 11.8 Å². The van der Waals surface area contributed by atoms with Crippen molar-refractivity contribution in [3.05, 3.63) is 23.8 Å². The largest absolute Gasteiger partial charge is 0.495 e. The Morgan fingerprint density at radius 1 is 1.27 bits per heavy atom. The molecule has 0 unspecified atom stereocenters. The molecule has 2 amide bonds. The van der Waals surface area contributed by atoms with Crippen LogP contribution in [0.15, 0.2) is 18.2 Å². The van der Waals surface area contributed by atoms with Crippen molar-refractivity contribution < 1.29 is 14.3 Å². The number of rotatable bonds is 8. The molecule has 5 heteroatoms. The van der Waals surface area contributed by atoms with Crippen LogP contribution in [0, 0.1) is 6.92 Å². The topological polar surface area (TPSA) is 58.6 Å². The normalized spacial score (nSPS) is 10.2. The number of aryl methyl sites for hydroxylation is 1. The van der Waals surface area contributed by atoms with Crippen molar-refractivity contribution in [1.29, 1.82) is 0 Å². The molecular weight excluding hydrogens is 280 g/mol. The quantitative estimate of drug-likeness (QED) is 0.803. The van der Waals surface area contributed by atoms with Gasteiger partial charge in [-0.1, -0.05) is 19.4 Å². The van der Waals surface area contributed by atoms with Crippen LogP contribution in [-0.2, 0) is 9.59 Å². The zero-order valence-electron chi connectivity index (χ0n) is 13.9. The summed E-state index contributed by atoms with van der Waals surface area (Å²) in [5, 5.41) is 2.85. The van der Waals surface area contributed by atoms with Gasteiger partial charge in [0, 0.05) is 26.4 Å². The highest BCUT2D eigenvalue weighted by molar-refractivity contribution is 5.92. The fraction of sp³-hybridized carbons (Fsp3) is 0.529. The van der Waals surface area contributed by atoms with E-state index in [1.165, 1.54) is 6.92 Å². The Labute approximate surface area is 132 Å². The first-order chi connectivity index (χ1) is 10.5. The lowest BCUT2D eigenvalue weighted by molar-refractivity contribution is -0.129. The molecule has 0 spiro atoms. The van der Waals surface area contributed by atoms with Crippen molar-refractivity contribution in [1.82, 2.24) is 4.90 Å². The molecule has 0 radical (unpaired) electrons. The van der Waals surface area contributed by atoms with Crippen LogP contribution in [-0.4, -0.2) is 36.9 Å². The van der Waals surface area contributed by atoms with Gasteiger partial charge < -0.3 is 15.0 Å². The minimum Gasteiger partial charge on any atom is -0.495 e. The molecule has 1 N–H and O–H groups in total. The second kappa shape index (κ2) is 9.07. The molecule has 0 saturated carbocycles. The second-order valence-electron chi connectivity index (χ2n) is 5.36. The molecule has 1 aromatic carbocycles. The lowest BCUT2D eigenvalue weighted by Crippen LogP contribution is -2.32. The highest BCUT2D eigenvalue weighted by atomic mass is 16.5. The van der Waals surface area contributed by atoms with Crippen LogP contribution < -0.4 is 10.1 Å². The molecular formula is C17H26N2O3. The summed E-state index contributed by atoms with van der Waals surface area (Å²) < 4.78 is 5.24. The van der Waals surface area contributed by atoms with Gasteiger partial charge in [-0.05, 0) is 31.0 Å². The predicted molar refractivity (Wildman–Crippen MR) is 88.1 cm³/mol. The number of carbonyl (C=O) groups is 2. The van der Waals surface area contributed by atoms with Crippen LogP contribution in [0.1, 0.15) is 38.7 Å². The number of methoxy groups -OCH3 is 1. The van der Waals surface area contributed by atoms with Crippen LogP contribution in [0.2, 0.25) is 0 Å². The first-order valence-electron chi connectivity index (χ1n) is 7.68. The zero-order chi connectivity index (χ0) is 16.5. The maximum absolute atomic E-state index is 12.1. The third-order valence-electron chi connectivity index (χ3n) is 3.46. The molecule has 0 heterocycles. The number of ether oxygens (including phenoxy) is 1. The van der Waals surface area contributed by atoms with E-state index in [9.17, 15) is 9.59 Å². The monoisotopic (exact) mass is 306 g/mol. The summed E-state index contributed by atoms with van der Waals surface area (Å²) in [6.07, 6.45) is 2.25. The van der Waals surface area contributed by atoms with Crippen molar-refractivity contribution >= 4 is 17.5 Å². The Bertz CT molecular complexity index is 515. The number of hydrogen-bond acceptors (Lipinski definition) is 3. The fourth-order valence-electron chi connectivity index (χ4n) is 2.14. The van der Waals surface area contributed by atoms with Crippen molar-refractivity contribution in [2.45, 2.75) is 40.0 Å². The van der Waals surface area contributed by atoms with Gasteiger partial charge in [0.15, 0.2) is 0 Å². The van der Waals surface area contributed by atoms with Crippen molar-refractivity contribution in [2.24, 2.45) is 0 Å². The van der Waals surface area contributed by atoms with Crippen LogP contribution in [0.5, 0.6) is 5.75 Å². The number of unbranched alkanes of at least 4 members (excludes halogenated alkanes) is 1. The second-order valence-corrected chi connectivity index (χ2v) is 5.36. The Morgan fingerprint density at radius 3 is 2.59 bits per heavy atom. The fourth-order valence-corrected chi connectivity index (χ4v) is 2.14. The van der Waals surface area contributed by atoms with Gasteiger partial charge >= 0.3 is 0 Å². The molecule has 0 atom stereocenters. The standard InChI is InChI=1S/C17H26N2O3/c1-5-6-10-19(14(3)20)11-9-17(21)18-15-12-13(2)7-8-16(15)22-4/h7-8,12H,5-6,9-11H2,1-4H3,(H,18,21). The average molecular weight is 306 g/mol. The molecule has 0 fully saturated rings. The molecule has 1 rings (SSSR count). The van der Waals surface area contributed by atoms with E-state index in [2.05, 4.69) is 12.2 Å². The van der Waals surface area contributed by atoms with Gasteiger partial charge in [0.05, 0.1) is 12.8 Å². The summed E-state index contributed by atoms with van der Waals surface area (Å²) >= 11 is 0. The first kappa shape index (κ1) is 18.0. The van der Waals surface area contributed by atoms with E-state index in [0.29, 0.717) is 24.5 Å². The number of nitrogens with zero attached hydrogens (tertiary/aromatic N) is 1. The summed E-state index contributed by atoms with van der Waals surface area (Å²) in [6.45, 7) is 6.71. The van der Waals surface area contributed by atoms with Crippen molar-refractivity contribution in [3.8, 4) is 5.75 Å². The molecule has 1 aromatic rings. The smallest absolute Gasteiger partial charge is 0.226 e. The number of amides is 2. The predicted octanol–water partition coefficient (Wildman–Crippen LogP) is 2.98. The van der Waals surface area contributed by atoms with E-state index in [-0.39, 0.29) is 18.2 Å². The van der Waals surface area contributed by atoms with Crippen LogP contribution in [0.3, 0.4) is 0 Å². The Morgan fingerprint density at radius 2 is 2.00 bits per heavy atom. The number of carbonyl (C=O) groups excluding carboxylic acids is 2. The van der Waals surface area contributed by atoms with E-state index in [0.717, 1.165) is 18.4 Å². The lowest BCUT2D eigenvalue weighted by atomic mass is 10.2. The van der Waals surface area contributed by atoms with Gasteiger partial charge in [-0.15, -0.1) is 0 Å².